The van der Waals surface area contributed by atoms with Gasteiger partial charge in [0.2, 0.25) is 0 Å². The average molecular weight is 339 g/mol. The first-order valence-electron chi connectivity index (χ1n) is 5.41. The molecule has 0 unspecified atom stereocenters. The molecule has 0 amide bonds. The number of hydrogen-bond acceptors (Lipinski definition) is 2. The summed E-state index contributed by atoms with van der Waals surface area (Å²) >= 11 is 3.15. The van der Waals surface area contributed by atoms with Gasteiger partial charge < -0.3 is 9.84 Å². The van der Waals surface area contributed by atoms with Gasteiger partial charge in [-0.25, -0.2) is 0 Å². The Labute approximate surface area is 115 Å². The van der Waals surface area contributed by atoms with E-state index < -0.39 is 23.1 Å². The lowest BCUT2D eigenvalue weighted by Gasteiger charge is -2.37. The summed E-state index contributed by atoms with van der Waals surface area (Å²) in [5.41, 5.74) is -1.58. The van der Waals surface area contributed by atoms with Crippen LogP contribution in [0.2, 0.25) is 0 Å². The predicted molar refractivity (Wildman–Crippen MR) is 63.7 cm³/mol. The Morgan fingerprint density at radius 3 is 2.47 bits per heavy atom. The maximum absolute atomic E-state index is 12.6. The summed E-state index contributed by atoms with van der Waals surface area (Å²) in [6.45, 7) is 0.0377. The van der Waals surface area contributed by atoms with Crippen molar-refractivity contribution >= 4 is 21.9 Å². The average Bonchev–Trinajstić information content (AvgIpc) is 2.23. The summed E-state index contributed by atoms with van der Waals surface area (Å²) in [7, 11) is 0. The van der Waals surface area contributed by atoms with E-state index in [0.717, 1.165) is 12.1 Å². The summed E-state index contributed by atoms with van der Waals surface area (Å²) in [5, 5.41) is 9.15. The first-order valence-corrected chi connectivity index (χ1v) is 6.21. The van der Waals surface area contributed by atoms with E-state index >= 15 is 0 Å². The molecule has 1 aliphatic rings. The van der Waals surface area contributed by atoms with Gasteiger partial charge in [-0.05, 0) is 30.2 Å². The molecule has 1 fully saturated rings. The molecule has 0 radical (unpaired) electrons. The zero-order valence-corrected chi connectivity index (χ0v) is 11.2. The van der Waals surface area contributed by atoms with Crippen LogP contribution in [0.1, 0.15) is 11.1 Å². The third-order valence-corrected chi connectivity index (χ3v) is 3.89. The molecular formula is C12H10BrF3O3. The van der Waals surface area contributed by atoms with Crippen molar-refractivity contribution in [1.82, 2.24) is 0 Å². The van der Waals surface area contributed by atoms with Gasteiger partial charge in [-0.15, -0.1) is 0 Å². The van der Waals surface area contributed by atoms with Crippen LogP contribution in [-0.4, -0.2) is 24.3 Å². The van der Waals surface area contributed by atoms with Gasteiger partial charge in [-0.3, -0.25) is 4.79 Å². The fourth-order valence-electron chi connectivity index (χ4n) is 1.90. The molecule has 104 valence electrons. The Morgan fingerprint density at radius 2 is 2.05 bits per heavy atom. The van der Waals surface area contributed by atoms with Crippen LogP contribution in [0.3, 0.4) is 0 Å². The summed E-state index contributed by atoms with van der Waals surface area (Å²) in [5.74, 6) is -1.05. The number of carboxylic acid groups (broad SMARTS) is 1. The van der Waals surface area contributed by atoms with Crippen LogP contribution < -0.4 is 0 Å². The van der Waals surface area contributed by atoms with Crippen molar-refractivity contribution in [2.24, 2.45) is 5.41 Å². The Morgan fingerprint density at radius 1 is 1.42 bits per heavy atom. The van der Waals surface area contributed by atoms with Gasteiger partial charge >= 0.3 is 12.1 Å². The molecule has 0 bridgehead atoms. The van der Waals surface area contributed by atoms with E-state index in [2.05, 4.69) is 15.9 Å². The van der Waals surface area contributed by atoms with E-state index in [-0.39, 0.29) is 19.6 Å². The Bertz CT molecular complexity index is 509. The minimum Gasteiger partial charge on any atom is -0.481 e. The fraction of sp³-hybridized carbons (Fsp3) is 0.417. The first kappa shape index (κ1) is 14.3. The van der Waals surface area contributed by atoms with Crippen LogP contribution in [0.15, 0.2) is 22.7 Å². The largest absolute Gasteiger partial charge is 0.481 e. The van der Waals surface area contributed by atoms with Crippen molar-refractivity contribution in [3.05, 3.63) is 33.8 Å². The molecule has 1 heterocycles. The van der Waals surface area contributed by atoms with Crippen LogP contribution in [0.5, 0.6) is 0 Å². The zero-order valence-electron chi connectivity index (χ0n) is 9.63. The topological polar surface area (TPSA) is 46.5 Å². The molecular weight excluding hydrogens is 329 g/mol. The number of rotatable bonds is 3. The van der Waals surface area contributed by atoms with Gasteiger partial charge in [-0.2, -0.15) is 13.2 Å². The SMILES string of the molecule is O=C(O)C1(Cc2cc(C(F)(F)F)ccc2Br)COC1. The highest BCUT2D eigenvalue weighted by molar-refractivity contribution is 9.10. The standard InChI is InChI=1S/C12H10BrF3O3/c13-9-2-1-8(12(14,15)16)3-7(9)4-11(10(17)18)5-19-6-11/h1-3H,4-6H2,(H,17,18). The number of carboxylic acids is 1. The van der Waals surface area contributed by atoms with E-state index in [0.29, 0.717) is 10.0 Å². The van der Waals surface area contributed by atoms with Gasteiger partial charge in [0.05, 0.1) is 18.8 Å². The number of halogens is 4. The highest BCUT2D eigenvalue weighted by Gasteiger charge is 2.46. The van der Waals surface area contributed by atoms with Gasteiger partial charge in [-0.1, -0.05) is 15.9 Å². The number of benzene rings is 1. The third-order valence-electron chi connectivity index (χ3n) is 3.11. The fourth-order valence-corrected chi connectivity index (χ4v) is 2.29. The third kappa shape index (κ3) is 2.76. The molecule has 0 aliphatic carbocycles. The normalized spacial score (nSPS) is 17.9. The van der Waals surface area contributed by atoms with Gasteiger partial charge in [0.15, 0.2) is 0 Å². The highest BCUT2D eigenvalue weighted by atomic mass is 79.9. The molecule has 19 heavy (non-hydrogen) atoms. The van der Waals surface area contributed by atoms with Gasteiger partial charge in [0.25, 0.3) is 0 Å². The Hall–Kier alpha value is -1.08. The number of carbonyl (C=O) groups is 1. The predicted octanol–water partition coefficient (Wildman–Crippen LogP) is 3.11. The molecule has 1 aromatic carbocycles. The molecule has 0 aromatic heterocycles. The van der Waals surface area contributed by atoms with Crippen molar-refractivity contribution in [3.8, 4) is 0 Å². The van der Waals surface area contributed by atoms with Crippen LogP contribution in [-0.2, 0) is 22.1 Å². The molecule has 0 saturated carbocycles. The molecule has 0 atom stereocenters. The number of hydrogen-bond donors (Lipinski definition) is 1. The van der Waals surface area contributed by atoms with Crippen LogP contribution in [0.4, 0.5) is 13.2 Å². The van der Waals surface area contributed by atoms with Crippen molar-refractivity contribution in [3.63, 3.8) is 0 Å². The highest BCUT2D eigenvalue weighted by Crippen LogP contribution is 2.37. The van der Waals surface area contributed by atoms with Crippen molar-refractivity contribution < 1.29 is 27.8 Å². The minimum absolute atomic E-state index is 0.00678. The maximum Gasteiger partial charge on any atom is 0.416 e. The van der Waals surface area contributed by atoms with E-state index in [1.54, 1.807) is 0 Å². The molecule has 7 heteroatoms. The molecule has 1 aromatic rings. The number of alkyl halides is 3. The minimum atomic E-state index is -4.44. The molecule has 1 N–H and O–H groups in total. The number of ether oxygens (including phenoxy) is 1. The lowest BCUT2D eigenvalue weighted by molar-refractivity contribution is -0.179. The lowest BCUT2D eigenvalue weighted by Crippen LogP contribution is -2.50. The molecule has 1 saturated heterocycles. The monoisotopic (exact) mass is 338 g/mol. The van der Waals surface area contributed by atoms with Crippen molar-refractivity contribution in [2.75, 3.05) is 13.2 Å². The second-order valence-electron chi connectivity index (χ2n) is 4.56. The van der Waals surface area contributed by atoms with E-state index in [1.807, 2.05) is 0 Å². The second kappa shape index (κ2) is 4.79. The molecule has 1 aliphatic heterocycles. The summed E-state index contributed by atoms with van der Waals surface area (Å²) in [6.07, 6.45) is -4.44. The summed E-state index contributed by atoms with van der Waals surface area (Å²) in [6, 6.07) is 3.22. The number of aliphatic carboxylic acids is 1. The Balaban J connectivity index is 2.32. The molecule has 2 rings (SSSR count). The second-order valence-corrected chi connectivity index (χ2v) is 5.41. The smallest absolute Gasteiger partial charge is 0.416 e. The van der Waals surface area contributed by atoms with Crippen LogP contribution in [0.25, 0.3) is 0 Å². The van der Waals surface area contributed by atoms with Gasteiger partial charge in [0, 0.05) is 4.47 Å². The van der Waals surface area contributed by atoms with E-state index in [9.17, 15) is 18.0 Å². The maximum atomic E-state index is 12.6. The van der Waals surface area contributed by atoms with E-state index in [1.165, 1.54) is 6.07 Å². The van der Waals surface area contributed by atoms with E-state index in [4.69, 9.17) is 9.84 Å². The molecule has 3 nitrogen and oxygen atoms in total. The zero-order chi connectivity index (χ0) is 14.3. The first-order chi connectivity index (χ1) is 8.74. The summed E-state index contributed by atoms with van der Waals surface area (Å²) < 4.78 is 43.2. The van der Waals surface area contributed by atoms with Crippen molar-refractivity contribution in [1.29, 1.82) is 0 Å². The quantitative estimate of drug-likeness (QED) is 0.921. The Kier molecular flexibility index (Phi) is 3.61. The van der Waals surface area contributed by atoms with Gasteiger partial charge in [0.1, 0.15) is 5.41 Å². The summed E-state index contributed by atoms with van der Waals surface area (Å²) in [4.78, 5) is 11.2. The van der Waals surface area contributed by atoms with Crippen molar-refractivity contribution in [2.45, 2.75) is 12.6 Å². The lowest BCUT2D eigenvalue weighted by atomic mass is 9.79. The molecule has 0 spiro atoms. The van der Waals surface area contributed by atoms with Crippen LogP contribution in [0, 0.1) is 5.41 Å². The van der Waals surface area contributed by atoms with Crippen LogP contribution >= 0.6 is 15.9 Å².